The molecule has 1 N–H and O–H groups in total. The van der Waals surface area contributed by atoms with Crippen LogP contribution in [0.4, 0.5) is 10.8 Å². The second-order valence-electron chi connectivity index (χ2n) is 7.71. The Morgan fingerprint density at radius 1 is 1.28 bits per heavy atom. The Morgan fingerprint density at radius 2 is 2.09 bits per heavy atom. The van der Waals surface area contributed by atoms with Crippen LogP contribution in [-0.2, 0) is 27.8 Å². The molecule has 0 bridgehead atoms. The molecule has 3 heterocycles. The Hall–Kier alpha value is -2.76. The number of carbonyl (C=O) groups excluding carboxylic acids is 1. The zero-order valence-electron chi connectivity index (χ0n) is 18.0. The van der Waals surface area contributed by atoms with Gasteiger partial charge in [0, 0.05) is 12.2 Å². The molecule has 32 heavy (non-hydrogen) atoms. The molecule has 2 aromatic heterocycles. The summed E-state index contributed by atoms with van der Waals surface area (Å²) >= 11 is 1.16. The van der Waals surface area contributed by atoms with E-state index in [4.69, 9.17) is 9.15 Å². The van der Waals surface area contributed by atoms with Gasteiger partial charge >= 0.3 is 0 Å². The first-order valence-corrected chi connectivity index (χ1v) is 12.5. The van der Waals surface area contributed by atoms with Gasteiger partial charge in [0.2, 0.25) is 5.13 Å². The van der Waals surface area contributed by atoms with Crippen LogP contribution < -0.4 is 9.62 Å². The Bertz CT molecular complexity index is 1230. The van der Waals surface area contributed by atoms with Crippen molar-refractivity contribution in [2.45, 2.75) is 51.2 Å². The number of nitrogens with zero attached hydrogens (tertiary/aromatic N) is 3. The van der Waals surface area contributed by atoms with E-state index < -0.39 is 10.0 Å². The van der Waals surface area contributed by atoms with Gasteiger partial charge in [-0.3, -0.25) is 9.52 Å². The van der Waals surface area contributed by atoms with Crippen LogP contribution in [-0.4, -0.2) is 37.2 Å². The van der Waals surface area contributed by atoms with Crippen molar-refractivity contribution < 1.29 is 22.4 Å². The van der Waals surface area contributed by atoms with Gasteiger partial charge in [-0.1, -0.05) is 11.3 Å². The molecule has 1 aliphatic rings. The molecule has 1 aliphatic heterocycles. The molecule has 0 unspecified atom stereocenters. The fourth-order valence-electron chi connectivity index (χ4n) is 3.42. The van der Waals surface area contributed by atoms with Gasteiger partial charge in [-0.25, -0.2) is 8.42 Å². The maximum atomic E-state index is 13.1. The molecule has 0 radical (unpaired) electrons. The molecule has 0 spiro atoms. The number of carbonyl (C=O) groups is 1. The number of furan rings is 1. The number of benzene rings is 1. The quantitative estimate of drug-likeness (QED) is 0.552. The highest BCUT2D eigenvalue weighted by atomic mass is 32.2. The molecule has 1 amide bonds. The molecule has 0 saturated carbocycles. The fraction of sp³-hybridized carbons (Fsp3) is 0.381. The van der Waals surface area contributed by atoms with E-state index in [2.05, 4.69) is 14.9 Å². The van der Waals surface area contributed by atoms with E-state index in [0.29, 0.717) is 36.0 Å². The summed E-state index contributed by atoms with van der Waals surface area (Å²) in [6.07, 6.45) is 1.45. The zero-order chi connectivity index (χ0) is 22.9. The first-order chi connectivity index (χ1) is 15.2. The van der Waals surface area contributed by atoms with Gasteiger partial charge in [-0.2, -0.15) is 0 Å². The molecule has 0 aliphatic carbocycles. The van der Waals surface area contributed by atoms with Crippen molar-refractivity contribution in [1.29, 1.82) is 0 Å². The van der Waals surface area contributed by atoms with E-state index >= 15 is 0 Å². The first-order valence-electron chi connectivity index (χ1n) is 10.2. The van der Waals surface area contributed by atoms with Crippen LogP contribution in [0.5, 0.6) is 0 Å². The number of sulfonamides is 1. The number of rotatable bonds is 7. The highest BCUT2D eigenvalue weighted by Gasteiger charge is 2.27. The van der Waals surface area contributed by atoms with Crippen molar-refractivity contribution in [2.24, 2.45) is 0 Å². The third kappa shape index (κ3) is 4.84. The lowest BCUT2D eigenvalue weighted by Crippen LogP contribution is -2.35. The second kappa shape index (κ2) is 9.00. The van der Waals surface area contributed by atoms with Gasteiger partial charge in [0.05, 0.1) is 11.0 Å². The molecule has 1 aromatic carbocycles. The van der Waals surface area contributed by atoms with E-state index in [-0.39, 0.29) is 27.8 Å². The number of aryl methyl sites for hydroxylation is 2. The van der Waals surface area contributed by atoms with Gasteiger partial charge in [0.1, 0.15) is 17.4 Å². The third-order valence-electron chi connectivity index (χ3n) is 4.90. The molecule has 170 valence electrons. The van der Waals surface area contributed by atoms with Gasteiger partial charge in [0.25, 0.3) is 15.9 Å². The summed E-state index contributed by atoms with van der Waals surface area (Å²) in [5, 5.41) is 8.52. The Kier molecular flexibility index (Phi) is 6.31. The smallest absolute Gasteiger partial charge is 0.293 e. The average Bonchev–Trinajstić information content (AvgIpc) is 3.39. The second-order valence-corrected chi connectivity index (χ2v) is 10.6. The van der Waals surface area contributed by atoms with Gasteiger partial charge in [-0.05, 0) is 69.5 Å². The van der Waals surface area contributed by atoms with E-state index in [1.807, 2.05) is 13.8 Å². The Labute approximate surface area is 190 Å². The maximum Gasteiger partial charge on any atom is 0.293 e. The summed E-state index contributed by atoms with van der Waals surface area (Å²) in [7, 11) is -3.81. The monoisotopic (exact) mass is 476 g/mol. The van der Waals surface area contributed by atoms with Crippen LogP contribution in [0.2, 0.25) is 0 Å². The van der Waals surface area contributed by atoms with Gasteiger partial charge in [-0.15, -0.1) is 10.2 Å². The summed E-state index contributed by atoms with van der Waals surface area (Å²) in [4.78, 5) is 14.8. The lowest BCUT2D eigenvalue weighted by molar-refractivity contribution is 0.0536. The molecule has 11 heteroatoms. The number of aromatic nitrogens is 2. The minimum Gasteiger partial charge on any atom is -0.453 e. The van der Waals surface area contributed by atoms with Crippen molar-refractivity contribution in [1.82, 2.24) is 10.2 Å². The largest absolute Gasteiger partial charge is 0.453 e. The summed E-state index contributed by atoms with van der Waals surface area (Å²) in [5.41, 5.74) is 1.47. The van der Waals surface area contributed by atoms with Gasteiger partial charge in [0.15, 0.2) is 5.76 Å². The number of hydrogen-bond acceptors (Lipinski definition) is 8. The van der Waals surface area contributed by atoms with E-state index in [1.54, 1.807) is 36.1 Å². The average molecular weight is 477 g/mol. The predicted octanol–water partition coefficient (Wildman–Crippen LogP) is 3.76. The summed E-state index contributed by atoms with van der Waals surface area (Å²) in [5.74, 6) is 0.545. The lowest BCUT2D eigenvalue weighted by atomic mass is 10.0. The molecule has 0 saturated heterocycles. The third-order valence-corrected chi connectivity index (χ3v) is 7.12. The topological polar surface area (TPSA) is 115 Å². The van der Waals surface area contributed by atoms with E-state index in [0.717, 1.165) is 23.3 Å². The first kappa shape index (κ1) is 22.4. The number of nitrogens with one attached hydrogen (secondary N) is 1. The highest BCUT2D eigenvalue weighted by Crippen LogP contribution is 2.31. The van der Waals surface area contributed by atoms with Crippen LogP contribution >= 0.6 is 11.3 Å². The van der Waals surface area contributed by atoms with Crippen molar-refractivity contribution in [2.75, 3.05) is 16.2 Å². The molecular formula is C21H24N4O5S2. The number of hydrogen-bond donors (Lipinski definition) is 1. The number of amides is 1. The van der Waals surface area contributed by atoms with Crippen LogP contribution in [0.1, 0.15) is 47.2 Å². The number of ether oxygens (including phenoxy) is 1. The highest BCUT2D eigenvalue weighted by molar-refractivity contribution is 7.93. The minimum atomic E-state index is -3.81. The molecule has 3 aromatic rings. The number of anilines is 2. The summed E-state index contributed by atoms with van der Waals surface area (Å²) in [6.45, 7) is 6.43. The van der Waals surface area contributed by atoms with Gasteiger partial charge < -0.3 is 14.1 Å². The Balaban J connectivity index is 1.55. The standard InChI is InChI=1S/C21H24N4O5S2/c1-13(2)29-12-16-6-9-19(30-16)20(26)25-10-4-5-15-11-17(7-8-18(15)25)32(27,28)24-21-23-22-14(3)31-21/h6-9,11,13H,4-5,10,12H2,1-3H3,(H,23,24). The van der Waals surface area contributed by atoms with Crippen molar-refractivity contribution in [3.05, 3.63) is 52.4 Å². The SMILES string of the molecule is Cc1nnc(NS(=O)(=O)c2ccc3c(c2)CCCN3C(=O)c2ccc(COC(C)C)o2)s1. The normalized spacial score (nSPS) is 13.9. The van der Waals surface area contributed by atoms with Crippen molar-refractivity contribution in [3.63, 3.8) is 0 Å². The summed E-state index contributed by atoms with van der Waals surface area (Å²) in [6, 6.07) is 8.14. The van der Waals surface area contributed by atoms with Crippen molar-refractivity contribution >= 4 is 38.1 Å². The van der Waals surface area contributed by atoms with Crippen LogP contribution in [0.3, 0.4) is 0 Å². The van der Waals surface area contributed by atoms with Crippen LogP contribution in [0, 0.1) is 6.92 Å². The zero-order valence-corrected chi connectivity index (χ0v) is 19.6. The Morgan fingerprint density at radius 3 is 2.81 bits per heavy atom. The van der Waals surface area contributed by atoms with E-state index in [1.165, 1.54) is 6.07 Å². The van der Waals surface area contributed by atoms with E-state index in [9.17, 15) is 13.2 Å². The lowest BCUT2D eigenvalue weighted by Gasteiger charge is -2.29. The predicted molar refractivity (Wildman–Crippen MR) is 121 cm³/mol. The minimum absolute atomic E-state index is 0.0593. The van der Waals surface area contributed by atoms with Crippen LogP contribution in [0.15, 0.2) is 39.6 Å². The molecule has 0 atom stereocenters. The fourth-order valence-corrected chi connectivity index (χ4v) is 5.29. The molecule has 0 fully saturated rings. The molecular weight excluding hydrogens is 452 g/mol. The number of fused-ring (bicyclic) bond motifs is 1. The molecule has 9 nitrogen and oxygen atoms in total. The van der Waals surface area contributed by atoms with Crippen LogP contribution in [0.25, 0.3) is 0 Å². The van der Waals surface area contributed by atoms with Crippen molar-refractivity contribution in [3.8, 4) is 0 Å². The summed E-state index contributed by atoms with van der Waals surface area (Å²) < 4.78 is 39.2. The maximum absolute atomic E-state index is 13.1. The molecule has 4 rings (SSSR count).